The number of anilines is 1. The molecule has 1 unspecified atom stereocenters. The molecule has 0 aliphatic heterocycles. The van der Waals surface area contributed by atoms with Gasteiger partial charge in [0.1, 0.15) is 22.9 Å². The van der Waals surface area contributed by atoms with Crippen LogP contribution in [0, 0.1) is 5.82 Å². The van der Waals surface area contributed by atoms with Crippen LogP contribution in [0.3, 0.4) is 0 Å². The molecule has 3 aromatic rings. The van der Waals surface area contributed by atoms with Crippen molar-refractivity contribution in [1.29, 1.82) is 0 Å². The summed E-state index contributed by atoms with van der Waals surface area (Å²) >= 11 is 0. The summed E-state index contributed by atoms with van der Waals surface area (Å²) in [5.41, 5.74) is 1.05. The van der Waals surface area contributed by atoms with Gasteiger partial charge in [0.05, 0.1) is 18.8 Å². The molecule has 0 aliphatic carbocycles. The molecule has 2 aromatic heterocycles. The third kappa shape index (κ3) is 3.44. The third-order valence-corrected chi connectivity index (χ3v) is 3.96. The summed E-state index contributed by atoms with van der Waals surface area (Å²) < 4.78 is 20.0. The third-order valence-electron chi connectivity index (χ3n) is 3.96. The van der Waals surface area contributed by atoms with Gasteiger partial charge >= 0.3 is 5.97 Å². The van der Waals surface area contributed by atoms with Crippen LogP contribution in [0.25, 0.3) is 5.65 Å². The van der Waals surface area contributed by atoms with E-state index in [1.54, 1.807) is 19.2 Å². The van der Waals surface area contributed by atoms with Crippen molar-refractivity contribution in [2.75, 3.05) is 11.9 Å². The van der Waals surface area contributed by atoms with Gasteiger partial charge < -0.3 is 15.2 Å². The molecule has 2 N–H and O–H groups in total. The smallest absolute Gasteiger partial charge is 0.343 e. The number of rotatable bonds is 6. The molecule has 1 atom stereocenters. The maximum Gasteiger partial charge on any atom is 0.343 e. The number of benzene rings is 1. The minimum Gasteiger partial charge on any atom is -0.508 e. The number of halogens is 1. The standard InChI is InChI=1S/C18H19FN4O3/c1-3-14(12-9-11(19)5-6-15(12)24)21-16-7-8-23-17(22-16)13(10-20-23)18(25)26-4-2/h5-10,14,24H,3-4H2,1-2H3,(H,21,22). The summed E-state index contributed by atoms with van der Waals surface area (Å²) in [4.78, 5) is 16.4. The largest absolute Gasteiger partial charge is 0.508 e. The van der Waals surface area contributed by atoms with E-state index in [9.17, 15) is 14.3 Å². The summed E-state index contributed by atoms with van der Waals surface area (Å²) in [6, 6.07) is 5.15. The van der Waals surface area contributed by atoms with Gasteiger partial charge in [-0.05, 0) is 37.6 Å². The van der Waals surface area contributed by atoms with Gasteiger partial charge in [-0.25, -0.2) is 18.7 Å². The van der Waals surface area contributed by atoms with Gasteiger partial charge in [0.25, 0.3) is 0 Å². The molecule has 0 bridgehead atoms. The number of phenolic OH excluding ortho intramolecular Hbond substituents is 1. The minimum atomic E-state index is -0.498. The Morgan fingerprint density at radius 1 is 1.38 bits per heavy atom. The number of esters is 1. The number of aromatic nitrogens is 3. The molecule has 0 fully saturated rings. The second kappa shape index (κ2) is 7.38. The van der Waals surface area contributed by atoms with Crippen molar-refractivity contribution in [1.82, 2.24) is 14.6 Å². The molecule has 1 aromatic carbocycles. The lowest BCUT2D eigenvalue weighted by Gasteiger charge is -2.19. The fourth-order valence-corrected chi connectivity index (χ4v) is 2.68. The quantitative estimate of drug-likeness (QED) is 0.657. The summed E-state index contributed by atoms with van der Waals surface area (Å²) in [5.74, 6) is -0.453. The first-order chi connectivity index (χ1) is 12.5. The molecule has 3 rings (SSSR count). The number of nitrogens with one attached hydrogen (secondary N) is 1. The SMILES string of the molecule is CCOC(=O)c1cnn2ccc(NC(CC)c3cc(F)ccc3O)nc12. The molecule has 8 heteroatoms. The monoisotopic (exact) mass is 358 g/mol. The molecule has 26 heavy (non-hydrogen) atoms. The molecule has 0 amide bonds. The molecule has 0 saturated heterocycles. The number of carbonyl (C=O) groups excluding carboxylic acids is 1. The fraction of sp³-hybridized carbons (Fsp3) is 0.278. The highest BCUT2D eigenvalue weighted by molar-refractivity contribution is 5.95. The minimum absolute atomic E-state index is 0.00314. The predicted molar refractivity (Wildman–Crippen MR) is 93.7 cm³/mol. The number of hydrogen-bond acceptors (Lipinski definition) is 6. The zero-order chi connectivity index (χ0) is 18.7. The van der Waals surface area contributed by atoms with Gasteiger partial charge in [0.15, 0.2) is 5.65 Å². The Labute approximate surface area is 149 Å². The first-order valence-corrected chi connectivity index (χ1v) is 8.30. The molecular weight excluding hydrogens is 339 g/mol. The molecule has 7 nitrogen and oxygen atoms in total. The zero-order valence-corrected chi connectivity index (χ0v) is 14.4. The van der Waals surface area contributed by atoms with Crippen LogP contribution in [0.1, 0.15) is 42.2 Å². The Bertz CT molecular complexity index is 941. The number of nitrogens with zero attached hydrogens (tertiary/aromatic N) is 3. The molecular formula is C18H19FN4O3. The van der Waals surface area contributed by atoms with Crippen molar-refractivity contribution < 1.29 is 19.0 Å². The first kappa shape index (κ1) is 17.7. The van der Waals surface area contributed by atoms with E-state index in [0.717, 1.165) is 0 Å². The van der Waals surface area contributed by atoms with E-state index in [1.807, 2.05) is 6.92 Å². The van der Waals surface area contributed by atoms with Crippen LogP contribution >= 0.6 is 0 Å². The van der Waals surface area contributed by atoms with E-state index in [-0.39, 0.29) is 24.0 Å². The van der Waals surface area contributed by atoms with Gasteiger partial charge in [0.2, 0.25) is 0 Å². The number of hydrogen-bond donors (Lipinski definition) is 2. The van der Waals surface area contributed by atoms with Crippen LogP contribution in [0.4, 0.5) is 10.2 Å². The lowest BCUT2D eigenvalue weighted by molar-refractivity contribution is 0.0528. The normalized spacial score (nSPS) is 12.1. The van der Waals surface area contributed by atoms with Crippen molar-refractivity contribution >= 4 is 17.4 Å². The van der Waals surface area contributed by atoms with Crippen molar-refractivity contribution in [3.05, 3.63) is 53.6 Å². The van der Waals surface area contributed by atoms with Crippen molar-refractivity contribution in [3.63, 3.8) is 0 Å². The van der Waals surface area contributed by atoms with Crippen LogP contribution in [-0.4, -0.2) is 32.3 Å². The number of carbonyl (C=O) groups is 1. The van der Waals surface area contributed by atoms with E-state index in [2.05, 4.69) is 15.4 Å². The van der Waals surface area contributed by atoms with E-state index >= 15 is 0 Å². The van der Waals surface area contributed by atoms with Crippen LogP contribution in [0.15, 0.2) is 36.7 Å². The van der Waals surface area contributed by atoms with Gasteiger partial charge in [0, 0.05) is 11.8 Å². The van der Waals surface area contributed by atoms with Crippen LogP contribution in [0.2, 0.25) is 0 Å². The predicted octanol–water partition coefficient (Wildman–Crippen LogP) is 3.31. The molecule has 0 spiro atoms. The average molecular weight is 358 g/mol. The second-order valence-corrected chi connectivity index (χ2v) is 5.67. The van der Waals surface area contributed by atoms with Gasteiger partial charge in [-0.1, -0.05) is 6.92 Å². The average Bonchev–Trinajstić information content (AvgIpc) is 3.05. The molecule has 2 heterocycles. The Hall–Kier alpha value is -3.16. The summed E-state index contributed by atoms with van der Waals surface area (Å²) in [6.07, 6.45) is 3.65. The van der Waals surface area contributed by atoms with Gasteiger partial charge in [-0.3, -0.25) is 0 Å². The summed E-state index contributed by atoms with van der Waals surface area (Å²) in [6.45, 7) is 3.88. The van der Waals surface area contributed by atoms with Gasteiger partial charge in [-0.15, -0.1) is 0 Å². The highest BCUT2D eigenvalue weighted by Gasteiger charge is 2.18. The maximum absolute atomic E-state index is 13.5. The van der Waals surface area contributed by atoms with Crippen molar-refractivity contribution in [3.8, 4) is 5.75 Å². The van der Waals surface area contributed by atoms with Gasteiger partial charge in [-0.2, -0.15) is 5.10 Å². The molecule has 0 radical (unpaired) electrons. The zero-order valence-electron chi connectivity index (χ0n) is 14.4. The number of aromatic hydroxyl groups is 1. The Balaban J connectivity index is 1.93. The lowest BCUT2D eigenvalue weighted by atomic mass is 10.0. The van der Waals surface area contributed by atoms with E-state index in [0.29, 0.717) is 23.4 Å². The first-order valence-electron chi connectivity index (χ1n) is 8.30. The molecule has 0 aliphatic rings. The summed E-state index contributed by atoms with van der Waals surface area (Å²) in [5, 5.41) is 17.3. The number of phenols is 1. The Morgan fingerprint density at radius 2 is 2.19 bits per heavy atom. The topological polar surface area (TPSA) is 88.8 Å². The number of fused-ring (bicyclic) bond motifs is 1. The van der Waals surface area contributed by atoms with Crippen molar-refractivity contribution in [2.45, 2.75) is 26.3 Å². The van der Waals surface area contributed by atoms with E-state index in [4.69, 9.17) is 4.74 Å². The van der Waals surface area contributed by atoms with Crippen LogP contribution < -0.4 is 5.32 Å². The maximum atomic E-state index is 13.5. The number of ether oxygens (including phenoxy) is 1. The highest BCUT2D eigenvalue weighted by Crippen LogP contribution is 2.29. The van der Waals surface area contributed by atoms with Crippen LogP contribution in [-0.2, 0) is 4.74 Å². The molecule has 136 valence electrons. The fourth-order valence-electron chi connectivity index (χ4n) is 2.68. The van der Waals surface area contributed by atoms with E-state index in [1.165, 1.54) is 28.9 Å². The van der Waals surface area contributed by atoms with Crippen molar-refractivity contribution in [2.24, 2.45) is 0 Å². The Morgan fingerprint density at radius 3 is 2.92 bits per heavy atom. The molecule has 0 saturated carbocycles. The summed E-state index contributed by atoms with van der Waals surface area (Å²) in [7, 11) is 0. The highest BCUT2D eigenvalue weighted by atomic mass is 19.1. The second-order valence-electron chi connectivity index (χ2n) is 5.67. The Kier molecular flexibility index (Phi) is 5.01. The lowest BCUT2D eigenvalue weighted by Crippen LogP contribution is -2.12. The van der Waals surface area contributed by atoms with E-state index < -0.39 is 11.8 Å². The van der Waals surface area contributed by atoms with Crippen LogP contribution in [0.5, 0.6) is 5.75 Å².